The minimum absolute atomic E-state index is 0.0147. The van der Waals surface area contributed by atoms with Crippen LogP contribution < -0.4 is 14.5 Å². The van der Waals surface area contributed by atoms with Crippen molar-refractivity contribution >= 4 is 23.2 Å². The van der Waals surface area contributed by atoms with Crippen molar-refractivity contribution in [3.63, 3.8) is 0 Å². The third-order valence-corrected chi connectivity index (χ3v) is 4.99. The molecular formula is C20H20N2O3. The monoisotopic (exact) mass is 336 g/mol. The van der Waals surface area contributed by atoms with E-state index in [1.807, 2.05) is 47.4 Å². The molecule has 0 bridgehead atoms. The molecular weight excluding hydrogens is 316 g/mol. The molecule has 2 heterocycles. The number of carbonyl (C=O) groups excluding carboxylic acids is 2. The average molecular weight is 336 g/mol. The maximum atomic E-state index is 13.0. The van der Waals surface area contributed by atoms with Gasteiger partial charge in [0.05, 0.1) is 13.0 Å². The fourth-order valence-electron chi connectivity index (χ4n) is 3.69. The van der Waals surface area contributed by atoms with Crippen molar-refractivity contribution in [3.8, 4) is 5.75 Å². The molecule has 2 aromatic rings. The summed E-state index contributed by atoms with van der Waals surface area (Å²) in [5, 5.41) is 0. The van der Waals surface area contributed by atoms with E-state index in [9.17, 15) is 9.59 Å². The van der Waals surface area contributed by atoms with Crippen LogP contribution in [0, 0.1) is 5.92 Å². The Balaban J connectivity index is 1.53. The maximum Gasteiger partial charge on any atom is 0.232 e. The van der Waals surface area contributed by atoms with Gasteiger partial charge in [-0.2, -0.15) is 0 Å². The Morgan fingerprint density at radius 2 is 2.00 bits per heavy atom. The summed E-state index contributed by atoms with van der Waals surface area (Å²) in [6, 6.07) is 15.4. The number of nitrogens with zero attached hydrogens (tertiary/aromatic N) is 2. The molecule has 4 rings (SSSR count). The fraction of sp³-hybridized carbons (Fsp3) is 0.300. The number of ether oxygens (including phenoxy) is 1. The summed E-state index contributed by atoms with van der Waals surface area (Å²) in [5.74, 6) is 0.432. The van der Waals surface area contributed by atoms with Crippen molar-refractivity contribution in [1.29, 1.82) is 0 Å². The standard InChI is InChI=1S/C20H20N2O3/c1-25-17-7-4-6-16(12-17)22-13-15(11-19(22)23)20(24)21-10-9-14-5-2-3-8-18(14)21/h2-8,12,15H,9-11,13H2,1H3. The van der Waals surface area contributed by atoms with Crippen molar-refractivity contribution < 1.29 is 14.3 Å². The molecule has 5 nitrogen and oxygen atoms in total. The zero-order valence-corrected chi connectivity index (χ0v) is 14.1. The molecule has 0 aliphatic carbocycles. The summed E-state index contributed by atoms with van der Waals surface area (Å²) in [4.78, 5) is 29.0. The molecule has 0 saturated carbocycles. The summed E-state index contributed by atoms with van der Waals surface area (Å²) in [7, 11) is 1.60. The first kappa shape index (κ1) is 15.7. The van der Waals surface area contributed by atoms with Gasteiger partial charge in [-0.15, -0.1) is 0 Å². The highest BCUT2D eigenvalue weighted by Gasteiger charge is 2.39. The Bertz CT molecular complexity index is 833. The molecule has 1 unspecified atom stereocenters. The average Bonchev–Trinajstić information content (AvgIpc) is 3.25. The predicted octanol–water partition coefficient (Wildman–Crippen LogP) is 2.64. The van der Waals surface area contributed by atoms with E-state index in [-0.39, 0.29) is 24.2 Å². The molecule has 0 aromatic heterocycles. The van der Waals surface area contributed by atoms with Gasteiger partial charge in [0.25, 0.3) is 0 Å². The lowest BCUT2D eigenvalue weighted by atomic mass is 10.1. The Labute approximate surface area is 146 Å². The summed E-state index contributed by atoms with van der Waals surface area (Å²) in [6.45, 7) is 1.12. The van der Waals surface area contributed by atoms with Gasteiger partial charge in [0.15, 0.2) is 0 Å². The van der Waals surface area contributed by atoms with E-state index >= 15 is 0 Å². The number of fused-ring (bicyclic) bond motifs is 1. The van der Waals surface area contributed by atoms with Gasteiger partial charge < -0.3 is 14.5 Å². The van der Waals surface area contributed by atoms with Crippen LogP contribution in [0.1, 0.15) is 12.0 Å². The second kappa shape index (κ2) is 6.24. The van der Waals surface area contributed by atoms with Crippen molar-refractivity contribution in [2.24, 2.45) is 5.92 Å². The van der Waals surface area contributed by atoms with Crippen LogP contribution in [0.4, 0.5) is 11.4 Å². The molecule has 5 heteroatoms. The smallest absolute Gasteiger partial charge is 0.232 e. The van der Waals surface area contributed by atoms with Crippen LogP contribution in [0.3, 0.4) is 0 Å². The van der Waals surface area contributed by atoms with Gasteiger partial charge in [0.2, 0.25) is 11.8 Å². The molecule has 2 amide bonds. The molecule has 1 saturated heterocycles. The van der Waals surface area contributed by atoms with Gasteiger partial charge in [0.1, 0.15) is 5.75 Å². The number of carbonyl (C=O) groups is 2. The van der Waals surface area contributed by atoms with Crippen LogP contribution >= 0.6 is 0 Å². The first-order chi connectivity index (χ1) is 12.2. The van der Waals surface area contributed by atoms with Gasteiger partial charge in [0, 0.05) is 37.0 Å². The molecule has 0 N–H and O–H groups in total. The maximum absolute atomic E-state index is 13.0. The highest BCUT2D eigenvalue weighted by atomic mass is 16.5. The Morgan fingerprint density at radius 3 is 2.84 bits per heavy atom. The predicted molar refractivity (Wildman–Crippen MR) is 96.0 cm³/mol. The number of rotatable bonds is 3. The lowest BCUT2D eigenvalue weighted by Crippen LogP contribution is -2.36. The zero-order valence-electron chi connectivity index (χ0n) is 14.1. The third-order valence-electron chi connectivity index (χ3n) is 4.99. The molecule has 1 atom stereocenters. The van der Waals surface area contributed by atoms with E-state index in [0.29, 0.717) is 18.8 Å². The second-order valence-electron chi connectivity index (χ2n) is 6.48. The molecule has 2 aliphatic rings. The van der Waals surface area contributed by atoms with Crippen LogP contribution in [0.5, 0.6) is 5.75 Å². The summed E-state index contributed by atoms with van der Waals surface area (Å²) < 4.78 is 5.23. The van der Waals surface area contributed by atoms with Gasteiger partial charge >= 0.3 is 0 Å². The second-order valence-corrected chi connectivity index (χ2v) is 6.48. The number of hydrogen-bond acceptors (Lipinski definition) is 3. The van der Waals surface area contributed by atoms with Gasteiger partial charge in [-0.3, -0.25) is 9.59 Å². The summed E-state index contributed by atoms with van der Waals surface area (Å²) >= 11 is 0. The van der Waals surface area contributed by atoms with E-state index in [2.05, 4.69) is 6.07 Å². The summed E-state index contributed by atoms with van der Waals surface area (Å²) in [5.41, 5.74) is 2.96. The van der Waals surface area contributed by atoms with Crippen molar-refractivity contribution in [2.45, 2.75) is 12.8 Å². The first-order valence-corrected chi connectivity index (χ1v) is 8.51. The van der Waals surface area contributed by atoms with Crippen molar-refractivity contribution in [3.05, 3.63) is 54.1 Å². The first-order valence-electron chi connectivity index (χ1n) is 8.51. The molecule has 2 aliphatic heterocycles. The molecule has 0 radical (unpaired) electrons. The van der Waals surface area contributed by atoms with Crippen LogP contribution in [0.15, 0.2) is 48.5 Å². The lowest BCUT2D eigenvalue weighted by molar-refractivity contribution is -0.124. The van der Waals surface area contributed by atoms with Gasteiger partial charge in [-0.05, 0) is 30.2 Å². The Morgan fingerprint density at radius 1 is 1.16 bits per heavy atom. The molecule has 1 fully saturated rings. The number of para-hydroxylation sites is 1. The fourth-order valence-corrected chi connectivity index (χ4v) is 3.69. The number of amides is 2. The normalized spacial score (nSPS) is 19.2. The highest BCUT2D eigenvalue weighted by Crippen LogP contribution is 2.33. The van der Waals surface area contributed by atoms with Crippen molar-refractivity contribution in [1.82, 2.24) is 0 Å². The minimum atomic E-state index is -0.301. The molecule has 128 valence electrons. The van der Waals surface area contributed by atoms with Crippen molar-refractivity contribution in [2.75, 3.05) is 30.0 Å². The van der Waals surface area contributed by atoms with E-state index in [1.165, 1.54) is 5.56 Å². The number of methoxy groups -OCH3 is 1. The minimum Gasteiger partial charge on any atom is -0.497 e. The number of benzene rings is 2. The molecule has 0 spiro atoms. The lowest BCUT2D eigenvalue weighted by Gasteiger charge is -2.22. The largest absolute Gasteiger partial charge is 0.497 e. The van der Waals surface area contributed by atoms with E-state index in [4.69, 9.17) is 4.74 Å². The van der Waals surface area contributed by atoms with Crippen LogP contribution in [0.25, 0.3) is 0 Å². The highest BCUT2D eigenvalue weighted by molar-refractivity contribution is 6.05. The molecule has 2 aromatic carbocycles. The topological polar surface area (TPSA) is 49.9 Å². The number of anilines is 2. The van der Waals surface area contributed by atoms with E-state index in [1.54, 1.807) is 12.0 Å². The van der Waals surface area contributed by atoms with E-state index in [0.717, 1.165) is 17.8 Å². The quantitative estimate of drug-likeness (QED) is 0.866. The van der Waals surface area contributed by atoms with Crippen LogP contribution in [0.2, 0.25) is 0 Å². The number of hydrogen-bond donors (Lipinski definition) is 0. The Hall–Kier alpha value is -2.82. The van der Waals surface area contributed by atoms with Gasteiger partial charge in [-0.25, -0.2) is 0 Å². The zero-order chi connectivity index (χ0) is 17.4. The van der Waals surface area contributed by atoms with Gasteiger partial charge in [-0.1, -0.05) is 24.3 Å². The van der Waals surface area contributed by atoms with Crippen LogP contribution in [-0.4, -0.2) is 32.0 Å². The summed E-state index contributed by atoms with van der Waals surface area (Å²) in [6.07, 6.45) is 1.14. The molecule has 25 heavy (non-hydrogen) atoms. The third kappa shape index (κ3) is 2.76. The SMILES string of the molecule is COc1cccc(N2CC(C(=O)N3CCc4ccccc43)CC2=O)c1. The van der Waals surface area contributed by atoms with E-state index < -0.39 is 0 Å². The Kier molecular flexibility index (Phi) is 3.92. The van der Waals surface area contributed by atoms with Crippen LogP contribution in [-0.2, 0) is 16.0 Å².